The zero-order chi connectivity index (χ0) is 12.9. The maximum absolute atomic E-state index is 11.6. The first-order valence-corrected chi connectivity index (χ1v) is 8.41. The second kappa shape index (κ2) is 11.7. The van der Waals surface area contributed by atoms with E-state index in [4.69, 9.17) is 0 Å². The van der Waals surface area contributed by atoms with Gasteiger partial charge in [0.15, 0.2) is 0 Å². The van der Waals surface area contributed by atoms with E-state index in [2.05, 4.69) is 0 Å². The quantitative estimate of drug-likeness (QED) is 0.531. The summed E-state index contributed by atoms with van der Waals surface area (Å²) in [5.41, 5.74) is 0. The molecule has 1 nitrogen and oxygen atoms in total. The van der Waals surface area contributed by atoms with E-state index in [1.807, 2.05) is 0 Å². The molecule has 0 spiro atoms. The van der Waals surface area contributed by atoms with Crippen LogP contribution in [0.1, 0.15) is 103 Å². The van der Waals surface area contributed by atoms with E-state index in [0.29, 0.717) is 5.78 Å². The van der Waals surface area contributed by atoms with Gasteiger partial charge in [0.1, 0.15) is 5.78 Å². The van der Waals surface area contributed by atoms with Gasteiger partial charge in [-0.25, -0.2) is 0 Å². The molecule has 0 radical (unpaired) electrons. The fraction of sp³-hybridized carbons (Fsp3) is 0.941. The van der Waals surface area contributed by atoms with Gasteiger partial charge in [-0.1, -0.05) is 77.0 Å². The molecule has 0 bridgehead atoms. The molecular weight excluding hydrogens is 220 g/mol. The molecule has 1 aliphatic rings. The lowest BCUT2D eigenvalue weighted by molar-refractivity contribution is -0.119. The van der Waals surface area contributed by atoms with Crippen LogP contribution < -0.4 is 0 Å². The van der Waals surface area contributed by atoms with E-state index in [1.165, 1.54) is 77.0 Å². The SMILES string of the molecule is O=C1CCCCCCCCCCCCCCCC1. The minimum Gasteiger partial charge on any atom is -0.300 e. The van der Waals surface area contributed by atoms with Gasteiger partial charge in [-0.15, -0.1) is 0 Å². The molecule has 18 heavy (non-hydrogen) atoms. The van der Waals surface area contributed by atoms with Crippen molar-refractivity contribution in [2.75, 3.05) is 0 Å². The second-order valence-electron chi connectivity index (χ2n) is 5.99. The molecule has 1 fully saturated rings. The maximum Gasteiger partial charge on any atom is 0.132 e. The Morgan fingerprint density at radius 3 is 0.889 bits per heavy atom. The van der Waals surface area contributed by atoms with Gasteiger partial charge in [-0.3, -0.25) is 4.79 Å². The predicted molar refractivity (Wildman–Crippen MR) is 78.9 cm³/mol. The minimum absolute atomic E-state index is 0.513. The van der Waals surface area contributed by atoms with Crippen molar-refractivity contribution in [3.05, 3.63) is 0 Å². The first-order chi connectivity index (χ1) is 8.89. The van der Waals surface area contributed by atoms with Crippen LogP contribution in [0.5, 0.6) is 0 Å². The highest BCUT2D eigenvalue weighted by molar-refractivity contribution is 5.78. The standard InChI is InChI=1S/C17H32O/c18-17-15-13-11-9-7-5-3-1-2-4-6-8-10-12-14-16-17/h1-16H2. The Morgan fingerprint density at radius 1 is 0.389 bits per heavy atom. The zero-order valence-electron chi connectivity index (χ0n) is 12.2. The number of hydrogen-bond acceptors (Lipinski definition) is 1. The number of ketones is 1. The minimum atomic E-state index is 0.513. The average molecular weight is 252 g/mol. The molecule has 106 valence electrons. The van der Waals surface area contributed by atoms with Crippen LogP contribution in [-0.2, 0) is 4.79 Å². The largest absolute Gasteiger partial charge is 0.300 e. The van der Waals surface area contributed by atoms with Gasteiger partial charge in [0.25, 0.3) is 0 Å². The Bertz CT molecular complexity index is 178. The van der Waals surface area contributed by atoms with Crippen LogP contribution in [0.4, 0.5) is 0 Å². The summed E-state index contributed by atoms with van der Waals surface area (Å²) in [5.74, 6) is 0.513. The van der Waals surface area contributed by atoms with Gasteiger partial charge in [0.2, 0.25) is 0 Å². The number of carbonyl (C=O) groups excluding carboxylic acids is 1. The first-order valence-electron chi connectivity index (χ1n) is 8.41. The van der Waals surface area contributed by atoms with E-state index in [1.54, 1.807) is 0 Å². The van der Waals surface area contributed by atoms with E-state index in [0.717, 1.165) is 25.7 Å². The highest BCUT2D eigenvalue weighted by atomic mass is 16.1. The Labute approximate surface area is 114 Å². The highest BCUT2D eigenvalue weighted by Crippen LogP contribution is 2.15. The summed E-state index contributed by atoms with van der Waals surface area (Å²) in [5, 5.41) is 0. The summed E-state index contributed by atoms with van der Waals surface area (Å²) in [4.78, 5) is 11.6. The van der Waals surface area contributed by atoms with Crippen LogP contribution in [0.25, 0.3) is 0 Å². The van der Waals surface area contributed by atoms with Crippen LogP contribution in [0.3, 0.4) is 0 Å². The van der Waals surface area contributed by atoms with Crippen LogP contribution in [-0.4, -0.2) is 5.78 Å². The van der Waals surface area contributed by atoms with Crippen molar-refractivity contribution in [1.82, 2.24) is 0 Å². The van der Waals surface area contributed by atoms with Crippen molar-refractivity contribution in [3.8, 4) is 0 Å². The van der Waals surface area contributed by atoms with Gasteiger partial charge >= 0.3 is 0 Å². The molecule has 1 heteroatoms. The Morgan fingerprint density at radius 2 is 0.611 bits per heavy atom. The number of rotatable bonds is 0. The van der Waals surface area contributed by atoms with Gasteiger partial charge in [-0.2, -0.15) is 0 Å². The third kappa shape index (κ3) is 9.67. The van der Waals surface area contributed by atoms with E-state index < -0.39 is 0 Å². The second-order valence-corrected chi connectivity index (χ2v) is 5.99. The molecule has 0 atom stereocenters. The molecule has 0 unspecified atom stereocenters. The fourth-order valence-corrected chi connectivity index (χ4v) is 2.89. The molecule has 1 aliphatic carbocycles. The molecule has 1 saturated carbocycles. The lowest BCUT2D eigenvalue weighted by Crippen LogP contribution is -1.97. The smallest absolute Gasteiger partial charge is 0.132 e. The summed E-state index contributed by atoms with van der Waals surface area (Å²) < 4.78 is 0. The van der Waals surface area contributed by atoms with Gasteiger partial charge in [-0.05, 0) is 12.8 Å². The Hall–Kier alpha value is -0.330. The van der Waals surface area contributed by atoms with Gasteiger partial charge < -0.3 is 0 Å². The third-order valence-electron chi connectivity index (χ3n) is 4.16. The molecule has 0 amide bonds. The Balaban J connectivity index is 2.11. The van der Waals surface area contributed by atoms with E-state index in [9.17, 15) is 4.79 Å². The molecular formula is C17H32O. The van der Waals surface area contributed by atoms with Crippen molar-refractivity contribution in [2.24, 2.45) is 0 Å². The van der Waals surface area contributed by atoms with Crippen LogP contribution >= 0.6 is 0 Å². The molecule has 1 rings (SSSR count). The lowest BCUT2D eigenvalue weighted by atomic mass is 10.0. The summed E-state index contributed by atoms with van der Waals surface area (Å²) in [7, 11) is 0. The molecule has 0 aliphatic heterocycles. The predicted octanol–water partition coefficient (Wildman–Crippen LogP) is 5.81. The highest BCUT2D eigenvalue weighted by Gasteiger charge is 2.02. The van der Waals surface area contributed by atoms with E-state index in [-0.39, 0.29) is 0 Å². The summed E-state index contributed by atoms with van der Waals surface area (Å²) >= 11 is 0. The molecule has 0 saturated heterocycles. The van der Waals surface area contributed by atoms with Crippen molar-refractivity contribution in [3.63, 3.8) is 0 Å². The summed E-state index contributed by atoms with van der Waals surface area (Å²) in [6.45, 7) is 0. The molecule has 0 heterocycles. The van der Waals surface area contributed by atoms with Crippen molar-refractivity contribution >= 4 is 5.78 Å². The van der Waals surface area contributed by atoms with Crippen molar-refractivity contribution < 1.29 is 4.79 Å². The van der Waals surface area contributed by atoms with Crippen molar-refractivity contribution in [1.29, 1.82) is 0 Å². The van der Waals surface area contributed by atoms with Crippen LogP contribution in [0.2, 0.25) is 0 Å². The molecule has 0 N–H and O–H groups in total. The molecule has 0 aromatic rings. The number of hydrogen-bond donors (Lipinski definition) is 0. The topological polar surface area (TPSA) is 17.1 Å². The zero-order valence-corrected chi connectivity index (χ0v) is 12.2. The number of Topliss-reactive ketones (excluding diaryl/α,β-unsaturated/α-hetero) is 1. The summed E-state index contributed by atoms with van der Waals surface area (Å²) in [6, 6.07) is 0. The molecule has 0 aromatic heterocycles. The van der Waals surface area contributed by atoms with Gasteiger partial charge in [0, 0.05) is 12.8 Å². The van der Waals surface area contributed by atoms with Gasteiger partial charge in [0.05, 0.1) is 0 Å². The normalized spacial score (nSPS) is 23.4. The molecule has 0 aromatic carbocycles. The van der Waals surface area contributed by atoms with Crippen LogP contribution in [0, 0.1) is 0 Å². The summed E-state index contributed by atoms with van der Waals surface area (Å²) in [6.07, 6.45) is 20.5. The van der Waals surface area contributed by atoms with E-state index >= 15 is 0 Å². The fourth-order valence-electron chi connectivity index (χ4n) is 2.89. The van der Waals surface area contributed by atoms with Crippen molar-refractivity contribution in [2.45, 2.75) is 103 Å². The maximum atomic E-state index is 11.6. The third-order valence-corrected chi connectivity index (χ3v) is 4.16. The Kier molecular flexibility index (Phi) is 10.3. The monoisotopic (exact) mass is 252 g/mol. The first kappa shape index (κ1) is 15.7. The average Bonchev–Trinajstić information content (AvgIpc) is 2.37. The lowest BCUT2D eigenvalue weighted by Gasteiger charge is -2.02. The number of carbonyl (C=O) groups is 1. The van der Waals surface area contributed by atoms with Crippen LogP contribution in [0.15, 0.2) is 0 Å².